The summed E-state index contributed by atoms with van der Waals surface area (Å²) in [7, 11) is 0. The third-order valence-electron chi connectivity index (χ3n) is 3.74. The van der Waals surface area contributed by atoms with Crippen LogP contribution in [0.5, 0.6) is 5.88 Å². The molecular formula is C14H21N3O. The quantitative estimate of drug-likeness (QED) is 0.821. The van der Waals surface area contributed by atoms with Crippen LogP contribution in [-0.4, -0.2) is 31.2 Å². The Morgan fingerprint density at radius 3 is 3.28 bits per heavy atom. The lowest BCUT2D eigenvalue weighted by molar-refractivity contribution is 0.313. The first kappa shape index (κ1) is 11.8. The molecule has 1 unspecified atom stereocenters. The van der Waals surface area contributed by atoms with Crippen LogP contribution in [0.3, 0.4) is 0 Å². The predicted octanol–water partition coefficient (Wildman–Crippen LogP) is 1.80. The van der Waals surface area contributed by atoms with Gasteiger partial charge in [-0.25, -0.2) is 0 Å². The van der Waals surface area contributed by atoms with Crippen molar-refractivity contribution in [1.29, 1.82) is 0 Å². The molecule has 4 nitrogen and oxygen atoms in total. The lowest BCUT2D eigenvalue weighted by atomic mass is 10.0. The van der Waals surface area contributed by atoms with Crippen molar-refractivity contribution in [2.75, 3.05) is 31.1 Å². The number of rotatable bonds is 1. The molecule has 0 radical (unpaired) electrons. The molecule has 2 aliphatic heterocycles. The second-order valence-corrected chi connectivity index (χ2v) is 5.35. The Bertz CT molecular complexity index is 422. The van der Waals surface area contributed by atoms with E-state index in [1.165, 1.54) is 18.4 Å². The van der Waals surface area contributed by atoms with Gasteiger partial charge in [-0.2, -0.15) is 4.98 Å². The SMILES string of the molecule is CC1CCCN(c2ccc3c(n2)OCCNC3)C1. The molecule has 1 aromatic heterocycles. The molecule has 0 bridgehead atoms. The number of anilines is 1. The molecule has 0 aromatic carbocycles. The number of nitrogens with zero attached hydrogens (tertiary/aromatic N) is 2. The van der Waals surface area contributed by atoms with Gasteiger partial charge in [0.1, 0.15) is 12.4 Å². The number of ether oxygens (including phenoxy) is 1. The monoisotopic (exact) mass is 247 g/mol. The van der Waals surface area contributed by atoms with E-state index in [1.807, 2.05) is 0 Å². The normalized spacial score (nSPS) is 24.1. The number of nitrogens with one attached hydrogen (secondary N) is 1. The maximum absolute atomic E-state index is 5.71. The van der Waals surface area contributed by atoms with Gasteiger partial charge in [0.05, 0.1) is 0 Å². The minimum Gasteiger partial charge on any atom is -0.476 e. The van der Waals surface area contributed by atoms with E-state index in [4.69, 9.17) is 9.72 Å². The highest BCUT2D eigenvalue weighted by atomic mass is 16.5. The number of pyridine rings is 1. The van der Waals surface area contributed by atoms with Crippen LogP contribution in [-0.2, 0) is 6.54 Å². The summed E-state index contributed by atoms with van der Waals surface area (Å²) >= 11 is 0. The van der Waals surface area contributed by atoms with Gasteiger partial charge in [0.25, 0.3) is 0 Å². The molecule has 2 aliphatic rings. The fourth-order valence-corrected chi connectivity index (χ4v) is 2.74. The summed E-state index contributed by atoms with van der Waals surface area (Å²) < 4.78 is 5.71. The van der Waals surface area contributed by atoms with Crippen LogP contribution in [0, 0.1) is 5.92 Å². The van der Waals surface area contributed by atoms with E-state index in [0.717, 1.165) is 43.8 Å². The molecule has 1 saturated heterocycles. The molecule has 0 amide bonds. The van der Waals surface area contributed by atoms with Crippen LogP contribution in [0.4, 0.5) is 5.82 Å². The maximum atomic E-state index is 5.71. The third-order valence-corrected chi connectivity index (χ3v) is 3.74. The molecule has 3 rings (SSSR count). The summed E-state index contributed by atoms with van der Waals surface area (Å²) in [5.41, 5.74) is 1.17. The molecule has 0 saturated carbocycles. The highest BCUT2D eigenvalue weighted by molar-refractivity contribution is 5.44. The Balaban J connectivity index is 1.82. The van der Waals surface area contributed by atoms with Crippen molar-refractivity contribution < 1.29 is 4.74 Å². The van der Waals surface area contributed by atoms with Gasteiger partial charge in [-0.3, -0.25) is 0 Å². The predicted molar refractivity (Wildman–Crippen MR) is 72.0 cm³/mol. The van der Waals surface area contributed by atoms with E-state index in [-0.39, 0.29) is 0 Å². The largest absolute Gasteiger partial charge is 0.476 e. The first-order valence-electron chi connectivity index (χ1n) is 6.91. The first-order chi connectivity index (χ1) is 8.83. The number of aromatic nitrogens is 1. The van der Waals surface area contributed by atoms with E-state index < -0.39 is 0 Å². The lowest BCUT2D eigenvalue weighted by Crippen LogP contribution is -2.34. The van der Waals surface area contributed by atoms with E-state index >= 15 is 0 Å². The molecule has 0 aliphatic carbocycles. The van der Waals surface area contributed by atoms with Crippen LogP contribution in [0.15, 0.2) is 12.1 Å². The van der Waals surface area contributed by atoms with Crippen molar-refractivity contribution in [2.24, 2.45) is 5.92 Å². The zero-order valence-electron chi connectivity index (χ0n) is 11.0. The van der Waals surface area contributed by atoms with Gasteiger partial charge in [-0.15, -0.1) is 0 Å². The second-order valence-electron chi connectivity index (χ2n) is 5.35. The summed E-state index contributed by atoms with van der Waals surface area (Å²) in [5.74, 6) is 2.65. The fraction of sp³-hybridized carbons (Fsp3) is 0.643. The second kappa shape index (κ2) is 5.14. The average Bonchev–Trinajstić information content (AvgIpc) is 2.63. The molecule has 1 atom stereocenters. The van der Waals surface area contributed by atoms with Gasteiger partial charge >= 0.3 is 0 Å². The number of piperidine rings is 1. The van der Waals surface area contributed by atoms with Gasteiger partial charge < -0.3 is 15.0 Å². The summed E-state index contributed by atoms with van der Waals surface area (Å²) in [4.78, 5) is 7.08. The first-order valence-corrected chi connectivity index (χ1v) is 6.91. The molecule has 0 spiro atoms. The summed E-state index contributed by atoms with van der Waals surface area (Å²) in [5, 5.41) is 3.33. The van der Waals surface area contributed by atoms with E-state index in [9.17, 15) is 0 Å². The Kier molecular flexibility index (Phi) is 3.37. The minimum atomic E-state index is 0.708. The summed E-state index contributed by atoms with van der Waals surface area (Å²) in [6.07, 6.45) is 2.60. The standard InChI is InChI=1S/C14H21N3O/c1-11-3-2-7-17(10-11)13-5-4-12-9-15-6-8-18-14(12)16-13/h4-5,11,15H,2-3,6-10H2,1H3. The van der Waals surface area contributed by atoms with Gasteiger partial charge in [0.2, 0.25) is 5.88 Å². The Labute approximate surface area is 108 Å². The zero-order valence-corrected chi connectivity index (χ0v) is 11.0. The fourth-order valence-electron chi connectivity index (χ4n) is 2.74. The van der Waals surface area contributed by atoms with Crippen molar-refractivity contribution in [1.82, 2.24) is 10.3 Å². The van der Waals surface area contributed by atoms with Crippen LogP contribution in [0.2, 0.25) is 0 Å². The highest BCUT2D eigenvalue weighted by Crippen LogP contribution is 2.26. The summed E-state index contributed by atoms with van der Waals surface area (Å²) in [6, 6.07) is 4.28. The van der Waals surface area contributed by atoms with Crippen molar-refractivity contribution in [3.63, 3.8) is 0 Å². The van der Waals surface area contributed by atoms with Gasteiger partial charge in [-0.05, 0) is 30.9 Å². The number of hydrogen-bond acceptors (Lipinski definition) is 4. The highest BCUT2D eigenvalue weighted by Gasteiger charge is 2.19. The maximum Gasteiger partial charge on any atom is 0.219 e. The molecule has 1 N–H and O–H groups in total. The van der Waals surface area contributed by atoms with E-state index in [0.29, 0.717) is 6.61 Å². The molecule has 1 aromatic rings. The zero-order chi connectivity index (χ0) is 12.4. The molecule has 3 heterocycles. The topological polar surface area (TPSA) is 37.4 Å². The minimum absolute atomic E-state index is 0.708. The van der Waals surface area contributed by atoms with Crippen LogP contribution in [0.25, 0.3) is 0 Å². The van der Waals surface area contributed by atoms with Crippen molar-refractivity contribution >= 4 is 5.82 Å². The Morgan fingerprint density at radius 1 is 1.44 bits per heavy atom. The number of hydrogen-bond donors (Lipinski definition) is 1. The molecule has 4 heteroatoms. The third kappa shape index (κ3) is 2.43. The molecule has 98 valence electrons. The van der Waals surface area contributed by atoms with E-state index in [1.54, 1.807) is 0 Å². The molecule has 18 heavy (non-hydrogen) atoms. The Hall–Kier alpha value is -1.29. The van der Waals surface area contributed by atoms with Gasteiger partial charge in [-0.1, -0.05) is 6.92 Å². The van der Waals surface area contributed by atoms with Crippen LogP contribution in [0.1, 0.15) is 25.3 Å². The Morgan fingerprint density at radius 2 is 2.39 bits per heavy atom. The van der Waals surface area contributed by atoms with Gasteiger partial charge in [0, 0.05) is 31.7 Å². The average molecular weight is 247 g/mol. The van der Waals surface area contributed by atoms with E-state index in [2.05, 4.69) is 29.3 Å². The van der Waals surface area contributed by atoms with Crippen molar-refractivity contribution in [3.8, 4) is 5.88 Å². The lowest BCUT2D eigenvalue weighted by Gasteiger charge is -2.32. The van der Waals surface area contributed by atoms with Crippen LogP contribution >= 0.6 is 0 Å². The van der Waals surface area contributed by atoms with Crippen molar-refractivity contribution in [2.45, 2.75) is 26.3 Å². The number of fused-ring (bicyclic) bond motifs is 1. The summed E-state index contributed by atoms with van der Waals surface area (Å²) in [6.45, 7) is 7.01. The molecular weight excluding hydrogens is 226 g/mol. The van der Waals surface area contributed by atoms with Crippen molar-refractivity contribution in [3.05, 3.63) is 17.7 Å². The molecule has 1 fully saturated rings. The van der Waals surface area contributed by atoms with Crippen LogP contribution < -0.4 is 15.0 Å². The van der Waals surface area contributed by atoms with Gasteiger partial charge in [0.15, 0.2) is 0 Å². The smallest absolute Gasteiger partial charge is 0.219 e.